The first-order valence-electron chi connectivity index (χ1n) is 10.6. The molecule has 0 saturated heterocycles. The fraction of sp³-hybridized carbons (Fsp3) is 0.542. The van der Waals surface area contributed by atoms with Gasteiger partial charge in [0.1, 0.15) is 12.4 Å². The summed E-state index contributed by atoms with van der Waals surface area (Å²) in [6.45, 7) is 1.53. The highest BCUT2D eigenvalue weighted by molar-refractivity contribution is 5.27. The lowest BCUT2D eigenvalue weighted by Gasteiger charge is -2.27. The van der Waals surface area contributed by atoms with Crippen LogP contribution in [0.25, 0.3) is 0 Å². The lowest BCUT2D eigenvalue weighted by atomic mass is 10.0. The molecule has 0 N–H and O–H groups in total. The van der Waals surface area contributed by atoms with E-state index in [-0.39, 0.29) is 0 Å². The molecule has 2 aliphatic carbocycles. The maximum absolute atomic E-state index is 5.85. The first-order chi connectivity index (χ1) is 13.6. The van der Waals surface area contributed by atoms with Gasteiger partial charge in [-0.2, -0.15) is 0 Å². The summed E-state index contributed by atoms with van der Waals surface area (Å²) in [4.78, 5) is 9.29. The lowest BCUT2D eigenvalue weighted by molar-refractivity contribution is 0.212. The normalized spacial score (nSPS) is 26.8. The Morgan fingerprint density at radius 1 is 0.893 bits per heavy atom. The van der Waals surface area contributed by atoms with Crippen molar-refractivity contribution in [2.24, 2.45) is 11.8 Å². The molecular formula is C24H33N3O. The van der Waals surface area contributed by atoms with Crippen LogP contribution in [0.5, 0.6) is 5.75 Å². The van der Waals surface area contributed by atoms with Crippen molar-refractivity contribution >= 4 is 0 Å². The molecule has 2 unspecified atom stereocenters. The second-order valence-electron chi connectivity index (χ2n) is 8.90. The minimum absolute atomic E-state index is 0.513. The van der Waals surface area contributed by atoms with E-state index in [1.54, 1.807) is 6.20 Å². The minimum Gasteiger partial charge on any atom is -0.487 e. The summed E-state index contributed by atoms with van der Waals surface area (Å²) < 4.78 is 5.85. The van der Waals surface area contributed by atoms with E-state index in [9.17, 15) is 0 Å². The molecule has 2 saturated carbocycles. The Kier molecular flexibility index (Phi) is 5.98. The van der Waals surface area contributed by atoms with Gasteiger partial charge in [-0.1, -0.05) is 18.2 Å². The first kappa shape index (κ1) is 19.4. The fourth-order valence-electron chi connectivity index (χ4n) is 5.08. The van der Waals surface area contributed by atoms with Gasteiger partial charge in [-0.3, -0.25) is 9.88 Å². The van der Waals surface area contributed by atoms with E-state index in [0.29, 0.717) is 6.61 Å². The van der Waals surface area contributed by atoms with Gasteiger partial charge in [0.05, 0.1) is 5.69 Å². The molecule has 1 aromatic heterocycles. The Labute approximate surface area is 169 Å². The lowest BCUT2D eigenvalue weighted by Crippen LogP contribution is -2.31. The van der Waals surface area contributed by atoms with Gasteiger partial charge >= 0.3 is 0 Å². The summed E-state index contributed by atoms with van der Waals surface area (Å²) in [6.07, 6.45) is 7.33. The van der Waals surface area contributed by atoms with Gasteiger partial charge in [0.15, 0.2) is 0 Å². The number of benzene rings is 1. The van der Waals surface area contributed by atoms with E-state index in [0.717, 1.165) is 41.9 Å². The zero-order valence-corrected chi connectivity index (χ0v) is 17.4. The van der Waals surface area contributed by atoms with Crippen LogP contribution < -0.4 is 4.74 Å². The summed E-state index contributed by atoms with van der Waals surface area (Å²) in [6, 6.07) is 16.0. The molecule has 2 fully saturated rings. The third-order valence-corrected chi connectivity index (χ3v) is 6.79. The smallest absolute Gasteiger partial charge is 0.130 e. The van der Waals surface area contributed by atoms with Crippen molar-refractivity contribution in [3.05, 3.63) is 59.9 Å². The number of pyridine rings is 1. The van der Waals surface area contributed by atoms with Crippen LogP contribution in [0.3, 0.4) is 0 Å². The zero-order chi connectivity index (χ0) is 19.5. The van der Waals surface area contributed by atoms with Crippen molar-refractivity contribution < 1.29 is 4.74 Å². The van der Waals surface area contributed by atoms with E-state index in [2.05, 4.69) is 60.2 Å². The molecule has 2 aromatic rings. The third kappa shape index (κ3) is 4.56. The van der Waals surface area contributed by atoms with Crippen LogP contribution in [-0.2, 0) is 13.2 Å². The standard InChI is InChI=1S/C24H33N3O/c1-26(2)22-12-19-14-23(15-20(19)13-22)27(3)16-18-7-9-24(10-8-18)28-17-21-6-4-5-11-25-21/h4-11,19-20,22-23H,12-17H2,1-3H3/t19-,20+,22?,23?. The molecule has 1 heterocycles. The van der Waals surface area contributed by atoms with Crippen LogP contribution in [0.1, 0.15) is 36.9 Å². The summed E-state index contributed by atoms with van der Waals surface area (Å²) in [5.41, 5.74) is 2.31. The Morgan fingerprint density at radius 3 is 2.18 bits per heavy atom. The van der Waals surface area contributed by atoms with Crippen LogP contribution in [0.2, 0.25) is 0 Å². The monoisotopic (exact) mass is 379 g/mol. The number of hydrogen-bond acceptors (Lipinski definition) is 4. The Morgan fingerprint density at radius 2 is 1.57 bits per heavy atom. The largest absolute Gasteiger partial charge is 0.487 e. The van der Waals surface area contributed by atoms with Gasteiger partial charge in [0.25, 0.3) is 0 Å². The van der Waals surface area contributed by atoms with Crippen molar-refractivity contribution in [1.29, 1.82) is 0 Å². The molecule has 0 aliphatic heterocycles. The predicted molar refractivity (Wildman–Crippen MR) is 113 cm³/mol. The average molecular weight is 380 g/mol. The number of hydrogen-bond donors (Lipinski definition) is 0. The highest BCUT2D eigenvalue weighted by Gasteiger charge is 2.43. The third-order valence-electron chi connectivity index (χ3n) is 6.79. The number of rotatable bonds is 7. The molecule has 4 nitrogen and oxygen atoms in total. The van der Waals surface area contributed by atoms with Gasteiger partial charge < -0.3 is 9.64 Å². The second-order valence-corrected chi connectivity index (χ2v) is 8.90. The van der Waals surface area contributed by atoms with E-state index in [1.807, 2.05) is 18.2 Å². The maximum Gasteiger partial charge on any atom is 0.130 e. The fourth-order valence-corrected chi connectivity index (χ4v) is 5.08. The van der Waals surface area contributed by atoms with Crippen LogP contribution in [0.4, 0.5) is 0 Å². The molecule has 4 rings (SSSR count). The molecule has 150 valence electrons. The highest BCUT2D eigenvalue weighted by atomic mass is 16.5. The second kappa shape index (κ2) is 8.62. The number of nitrogens with zero attached hydrogens (tertiary/aromatic N) is 3. The predicted octanol–water partition coefficient (Wildman–Crippen LogP) is 4.21. The SMILES string of the molecule is CN(C)C1C[C@@H]2CC(N(C)Cc3ccc(OCc4ccccn4)cc3)C[C@@H]2C1. The van der Waals surface area contributed by atoms with Gasteiger partial charge in [0, 0.05) is 24.8 Å². The van der Waals surface area contributed by atoms with Gasteiger partial charge in [-0.05, 0) is 88.5 Å². The molecule has 28 heavy (non-hydrogen) atoms. The van der Waals surface area contributed by atoms with Crippen molar-refractivity contribution in [2.45, 2.75) is 50.9 Å². The van der Waals surface area contributed by atoms with E-state index >= 15 is 0 Å². The van der Waals surface area contributed by atoms with E-state index in [1.165, 1.54) is 31.2 Å². The molecule has 0 radical (unpaired) electrons. The van der Waals surface area contributed by atoms with Crippen molar-refractivity contribution in [3.8, 4) is 5.75 Å². The van der Waals surface area contributed by atoms with Crippen molar-refractivity contribution in [2.75, 3.05) is 21.1 Å². The number of aromatic nitrogens is 1. The maximum atomic E-state index is 5.85. The van der Waals surface area contributed by atoms with E-state index in [4.69, 9.17) is 4.74 Å². The topological polar surface area (TPSA) is 28.6 Å². The quantitative estimate of drug-likeness (QED) is 0.720. The van der Waals surface area contributed by atoms with Gasteiger partial charge in [-0.25, -0.2) is 0 Å². The average Bonchev–Trinajstić information content (AvgIpc) is 3.28. The summed E-state index contributed by atoms with van der Waals surface area (Å²) in [5, 5.41) is 0. The van der Waals surface area contributed by atoms with Crippen LogP contribution in [0.15, 0.2) is 48.7 Å². The van der Waals surface area contributed by atoms with Gasteiger partial charge in [-0.15, -0.1) is 0 Å². The molecule has 1 aromatic carbocycles. The Bertz CT molecular complexity index is 732. The Hall–Kier alpha value is -1.91. The minimum atomic E-state index is 0.513. The first-order valence-corrected chi connectivity index (χ1v) is 10.6. The summed E-state index contributed by atoms with van der Waals surface area (Å²) >= 11 is 0. The molecule has 0 bridgehead atoms. The van der Waals surface area contributed by atoms with Crippen molar-refractivity contribution in [3.63, 3.8) is 0 Å². The van der Waals surface area contributed by atoms with Crippen molar-refractivity contribution in [1.82, 2.24) is 14.8 Å². The Balaban J connectivity index is 1.26. The summed E-state index contributed by atoms with van der Waals surface area (Å²) in [5.74, 6) is 2.77. The van der Waals surface area contributed by atoms with Crippen LogP contribution >= 0.6 is 0 Å². The van der Waals surface area contributed by atoms with Crippen LogP contribution in [-0.4, -0.2) is 48.0 Å². The van der Waals surface area contributed by atoms with E-state index < -0.39 is 0 Å². The number of ether oxygens (including phenoxy) is 1. The molecule has 2 aliphatic rings. The summed E-state index contributed by atoms with van der Waals surface area (Å²) in [7, 11) is 6.76. The molecule has 4 heteroatoms. The molecule has 0 spiro atoms. The van der Waals surface area contributed by atoms with Crippen LogP contribution in [0, 0.1) is 11.8 Å². The molecule has 0 amide bonds. The molecule has 4 atom stereocenters. The number of fused-ring (bicyclic) bond motifs is 1. The zero-order valence-electron chi connectivity index (χ0n) is 17.4. The van der Waals surface area contributed by atoms with Gasteiger partial charge in [0.2, 0.25) is 0 Å². The highest BCUT2D eigenvalue weighted by Crippen LogP contribution is 2.46. The molecular weight excluding hydrogens is 346 g/mol.